The number of hydrogen-bond acceptors (Lipinski definition) is 3. The fraction of sp³-hybridized carbons (Fsp3) is 0.419. The van der Waals surface area contributed by atoms with Crippen molar-refractivity contribution in [3.8, 4) is 0 Å². The molecule has 5 rings (SSSR count). The van der Waals surface area contributed by atoms with Crippen LogP contribution in [0, 0.1) is 0 Å². The van der Waals surface area contributed by atoms with Gasteiger partial charge in [-0.25, -0.2) is 0 Å². The first-order chi connectivity index (χ1) is 17.9. The molecule has 194 valence electrons. The normalized spacial score (nSPS) is 15.7. The van der Waals surface area contributed by atoms with Gasteiger partial charge in [-0.1, -0.05) is 49.6 Å². The van der Waals surface area contributed by atoms with Crippen LogP contribution in [0.4, 0.5) is 5.69 Å². The second-order valence-electron chi connectivity index (χ2n) is 10.8. The Balaban J connectivity index is 1.42. The quantitative estimate of drug-likeness (QED) is 0.459. The predicted molar refractivity (Wildman–Crippen MR) is 148 cm³/mol. The second kappa shape index (κ2) is 10.9. The number of nitrogens with zero attached hydrogens (tertiary/aromatic N) is 4. The van der Waals surface area contributed by atoms with Crippen LogP contribution in [0.2, 0.25) is 0 Å². The molecule has 0 N–H and O–H groups in total. The van der Waals surface area contributed by atoms with Gasteiger partial charge in [0.15, 0.2) is 0 Å². The van der Waals surface area contributed by atoms with Crippen LogP contribution >= 0.6 is 0 Å². The third-order valence-electron chi connectivity index (χ3n) is 7.93. The van der Waals surface area contributed by atoms with Gasteiger partial charge in [0, 0.05) is 37.1 Å². The topological polar surface area (TPSA) is 48.8 Å². The summed E-state index contributed by atoms with van der Waals surface area (Å²) in [6.45, 7) is 2.45. The van der Waals surface area contributed by atoms with Gasteiger partial charge in [-0.2, -0.15) is 0 Å². The highest BCUT2D eigenvalue weighted by molar-refractivity contribution is 6.06. The van der Waals surface area contributed by atoms with E-state index in [0.29, 0.717) is 36.8 Å². The van der Waals surface area contributed by atoms with Gasteiger partial charge in [0.2, 0.25) is 0 Å². The van der Waals surface area contributed by atoms with Crippen LogP contribution in [0.1, 0.15) is 75.7 Å². The molecule has 1 saturated carbocycles. The van der Waals surface area contributed by atoms with Gasteiger partial charge in [-0.15, -0.1) is 0 Å². The summed E-state index contributed by atoms with van der Waals surface area (Å²) < 4.78 is 2.08. The summed E-state index contributed by atoms with van der Waals surface area (Å²) in [5.74, 6) is 0.615. The van der Waals surface area contributed by atoms with Crippen molar-refractivity contribution >= 4 is 17.5 Å². The Labute approximate surface area is 220 Å². The van der Waals surface area contributed by atoms with E-state index >= 15 is 0 Å². The number of carbonyl (C=O) groups excluding carboxylic acids is 2. The van der Waals surface area contributed by atoms with Gasteiger partial charge in [0.1, 0.15) is 5.69 Å². The first-order valence-electron chi connectivity index (χ1n) is 13.5. The monoisotopic (exact) mass is 498 g/mol. The minimum Gasteiger partial charge on any atom is -0.339 e. The summed E-state index contributed by atoms with van der Waals surface area (Å²) in [6, 6.07) is 20.2. The number of hydrogen-bond donors (Lipinski definition) is 0. The van der Waals surface area contributed by atoms with Crippen molar-refractivity contribution in [2.75, 3.05) is 39.1 Å². The summed E-state index contributed by atoms with van der Waals surface area (Å²) >= 11 is 0. The van der Waals surface area contributed by atoms with Crippen LogP contribution in [-0.4, -0.2) is 60.4 Å². The molecule has 1 aliphatic heterocycles. The molecule has 0 bridgehead atoms. The van der Waals surface area contributed by atoms with Crippen LogP contribution in [0.15, 0.2) is 60.7 Å². The van der Waals surface area contributed by atoms with E-state index in [1.165, 1.54) is 37.7 Å². The summed E-state index contributed by atoms with van der Waals surface area (Å²) in [5.41, 5.74) is 5.63. The summed E-state index contributed by atoms with van der Waals surface area (Å²) in [6.07, 6.45) is 6.42. The summed E-state index contributed by atoms with van der Waals surface area (Å²) in [7, 11) is 5.87. The van der Waals surface area contributed by atoms with Gasteiger partial charge in [0.05, 0.1) is 13.1 Å². The maximum Gasteiger partial charge on any atom is 0.270 e. The minimum atomic E-state index is -0.00623. The van der Waals surface area contributed by atoms with E-state index in [0.717, 1.165) is 23.5 Å². The van der Waals surface area contributed by atoms with Gasteiger partial charge < -0.3 is 19.3 Å². The SMILES string of the molecule is CN(C)CCN(C)C(=O)c1ccc2n1Cc1ccccc1N(C(=O)c1ccc(C3CCCCC3)cc1)C2. The van der Waals surface area contributed by atoms with Crippen molar-refractivity contribution in [3.63, 3.8) is 0 Å². The molecular weight excluding hydrogens is 460 g/mol. The van der Waals surface area contributed by atoms with E-state index in [-0.39, 0.29) is 11.8 Å². The number of likely N-dealkylation sites (N-methyl/N-ethyl adjacent to an activating group) is 2. The largest absolute Gasteiger partial charge is 0.339 e. The lowest BCUT2D eigenvalue weighted by atomic mass is 9.84. The molecule has 1 aromatic heterocycles. The van der Waals surface area contributed by atoms with Crippen molar-refractivity contribution in [2.24, 2.45) is 0 Å². The lowest BCUT2D eigenvalue weighted by Gasteiger charge is -2.24. The van der Waals surface area contributed by atoms with Crippen molar-refractivity contribution in [2.45, 2.75) is 51.1 Å². The number of para-hydroxylation sites is 1. The molecule has 2 aromatic carbocycles. The van der Waals surface area contributed by atoms with Crippen LogP contribution in [0.25, 0.3) is 0 Å². The molecule has 1 fully saturated rings. The van der Waals surface area contributed by atoms with Crippen molar-refractivity contribution < 1.29 is 9.59 Å². The standard InChI is InChI=1S/C31H38N4O2/c1-32(2)19-20-33(3)31(37)29-18-17-27-22-35(28-12-8-7-11-26(28)21-34(27)29)30(36)25-15-13-24(14-16-25)23-9-5-4-6-10-23/h7-8,11-18,23H,4-6,9-10,19-22H2,1-3H3. The Morgan fingerprint density at radius 2 is 1.57 bits per heavy atom. The van der Waals surface area contributed by atoms with Gasteiger partial charge in [-0.3, -0.25) is 9.59 Å². The highest BCUT2D eigenvalue weighted by Crippen LogP contribution is 2.34. The summed E-state index contributed by atoms with van der Waals surface area (Å²) in [5, 5.41) is 0. The zero-order chi connectivity index (χ0) is 25.9. The Hall–Kier alpha value is -3.38. The smallest absolute Gasteiger partial charge is 0.270 e. The van der Waals surface area contributed by atoms with Crippen LogP contribution in [0.3, 0.4) is 0 Å². The second-order valence-corrected chi connectivity index (χ2v) is 10.8. The molecule has 0 radical (unpaired) electrons. The molecular formula is C31H38N4O2. The van der Waals surface area contributed by atoms with Crippen LogP contribution in [0.5, 0.6) is 0 Å². The molecule has 37 heavy (non-hydrogen) atoms. The molecule has 0 unspecified atom stereocenters. The van der Waals surface area contributed by atoms with Gasteiger partial charge >= 0.3 is 0 Å². The lowest BCUT2D eigenvalue weighted by Crippen LogP contribution is -2.34. The molecule has 1 aliphatic carbocycles. The number of benzene rings is 2. The van der Waals surface area contributed by atoms with E-state index in [2.05, 4.69) is 27.7 Å². The van der Waals surface area contributed by atoms with Crippen LogP contribution < -0.4 is 4.90 Å². The van der Waals surface area contributed by atoms with E-state index < -0.39 is 0 Å². The van der Waals surface area contributed by atoms with Gasteiger partial charge in [-0.05, 0) is 74.3 Å². The summed E-state index contributed by atoms with van der Waals surface area (Å²) in [4.78, 5) is 32.9. The number of amides is 2. The first-order valence-corrected chi connectivity index (χ1v) is 13.5. The van der Waals surface area contributed by atoms with Gasteiger partial charge in [0.25, 0.3) is 11.8 Å². The average molecular weight is 499 g/mol. The van der Waals surface area contributed by atoms with E-state index in [9.17, 15) is 9.59 Å². The zero-order valence-electron chi connectivity index (χ0n) is 22.3. The molecule has 0 saturated heterocycles. The fourth-order valence-corrected chi connectivity index (χ4v) is 5.66. The zero-order valence-corrected chi connectivity index (χ0v) is 22.3. The predicted octanol–water partition coefficient (Wildman–Crippen LogP) is 5.38. The Morgan fingerprint density at radius 1 is 0.838 bits per heavy atom. The number of aromatic nitrogens is 1. The van der Waals surface area contributed by atoms with Crippen molar-refractivity contribution in [3.05, 3.63) is 88.7 Å². The molecule has 2 heterocycles. The highest BCUT2D eigenvalue weighted by Gasteiger charge is 2.28. The molecule has 6 nitrogen and oxygen atoms in total. The Kier molecular flexibility index (Phi) is 7.47. The van der Waals surface area contributed by atoms with Crippen molar-refractivity contribution in [1.82, 2.24) is 14.4 Å². The number of anilines is 1. The molecule has 2 aliphatic rings. The third-order valence-corrected chi connectivity index (χ3v) is 7.93. The van der Waals surface area contributed by atoms with E-state index in [1.807, 2.05) is 68.5 Å². The molecule has 0 spiro atoms. The molecule has 0 atom stereocenters. The van der Waals surface area contributed by atoms with E-state index in [4.69, 9.17) is 0 Å². The fourth-order valence-electron chi connectivity index (χ4n) is 5.66. The first kappa shape index (κ1) is 25.3. The molecule has 3 aromatic rings. The van der Waals surface area contributed by atoms with E-state index in [1.54, 1.807) is 4.90 Å². The minimum absolute atomic E-state index is 0.00339. The lowest BCUT2D eigenvalue weighted by molar-refractivity contribution is 0.0775. The maximum atomic E-state index is 13.8. The Morgan fingerprint density at radius 3 is 2.30 bits per heavy atom. The number of rotatable bonds is 6. The molecule has 2 amide bonds. The average Bonchev–Trinajstić information content (AvgIpc) is 3.24. The Bertz CT molecular complexity index is 1250. The maximum absolute atomic E-state index is 13.8. The molecule has 6 heteroatoms. The number of fused-ring (bicyclic) bond motifs is 2. The number of carbonyl (C=O) groups is 2. The van der Waals surface area contributed by atoms with Crippen LogP contribution in [-0.2, 0) is 13.1 Å². The van der Waals surface area contributed by atoms with Crippen molar-refractivity contribution in [1.29, 1.82) is 0 Å². The highest BCUT2D eigenvalue weighted by atomic mass is 16.2. The third kappa shape index (κ3) is 5.35.